The number of carbonyl (C=O) groups excluding carboxylic acids is 1. The van der Waals surface area contributed by atoms with Crippen molar-refractivity contribution in [2.24, 2.45) is 10.3 Å². The lowest BCUT2D eigenvalue weighted by Crippen LogP contribution is -2.29. The minimum atomic E-state index is -4.19. The summed E-state index contributed by atoms with van der Waals surface area (Å²) in [5, 5.41) is 14.9. The van der Waals surface area contributed by atoms with Crippen LogP contribution >= 0.6 is 0 Å². The van der Waals surface area contributed by atoms with E-state index < -0.39 is 31.0 Å². The second-order valence-electron chi connectivity index (χ2n) is 5.04. The fraction of sp³-hybridized carbons (Fsp3) is 0.0714. The van der Waals surface area contributed by atoms with Gasteiger partial charge in [-0.1, -0.05) is 30.3 Å². The summed E-state index contributed by atoms with van der Waals surface area (Å²) in [5.41, 5.74) is 0.530. The van der Waals surface area contributed by atoms with Gasteiger partial charge in [0.2, 0.25) is 20.0 Å². The smallest absolute Gasteiger partial charge is 0.319 e. The molecule has 0 heterocycles. The van der Waals surface area contributed by atoms with Crippen LogP contribution in [0.5, 0.6) is 0 Å². The Morgan fingerprint density at radius 1 is 0.920 bits per heavy atom. The number of nitrogens with one attached hydrogen (secondary N) is 2. The number of primary sulfonamides is 2. The van der Waals surface area contributed by atoms with Gasteiger partial charge in [0.25, 0.3) is 0 Å². The van der Waals surface area contributed by atoms with Crippen molar-refractivity contribution in [3.63, 3.8) is 0 Å². The highest BCUT2D eigenvalue weighted by Gasteiger charge is 2.19. The van der Waals surface area contributed by atoms with Crippen LogP contribution in [0, 0.1) is 0 Å². The molecule has 6 N–H and O–H groups in total. The van der Waals surface area contributed by atoms with E-state index in [2.05, 4.69) is 10.6 Å². The van der Waals surface area contributed by atoms with E-state index in [9.17, 15) is 21.6 Å². The summed E-state index contributed by atoms with van der Waals surface area (Å²) in [5.74, 6) is 0. The molecule has 0 spiro atoms. The predicted molar refractivity (Wildman–Crippen MR) is 91.5 cm³/mol. The highest BCUT2D eigenvalue weighted by atomic mass is 32.2. The third-order valence-corrected chi connectivity index (χ3v) is 5.01. The van der Waals surface area contributed by atoms with Crippen LogP contribution in [0.25, 0.3) is 0 Å². The van der Waals surface area contributed by atoms with Crippen LogP contribution in [0.2, 0.25) is 0 Å². The molecule has 134 valence electrons. The number of hydrogen-bond acceptors (Lipinski definition) is 5. The first-order chi connectivity index (χ1) is 11.6. The minimum Gasteiger partial charge on any atom is -0.334 e. The molecule has 25 heavy (non-hydrogen) atoms. The molecule has 0 unspecified atom stereocenters. The van der Waals surface area contributed by atoms with Crippen molar-refractivity contribution >= 4 is 31.8 Å². The number of anilines is 1. The predicted octanol–water partition coefficient (Wildman–Crippen LogP) is 0.303. The number of amides is 2. The van der Waals surface area contributed by atoms with Crippen LogP contribution in [0.1, 0.15) is 5.56 Å². The Labute approximate surface area is 145 Å². The molecular weight excluding hydrogens is 368 g/mol. The zero-order valence-corrected chi connectivity index (χ0v) is 14.5. The summed E-state index contributed by atoms with van der Waals surface area (Å²) in [6.45, 7) is 0.187. The largest absolute Gasteiger partial charge is 0.334 e. The van der Waals surface area contributed by atoms with Crippen molar-refractivity contribution in [2.45, 2.75) is 16.3 Å². The first-order valence-corrected chi connectivity index (χ1v) is 9.95. The van der Waals surface area contributed by atoms with Gasteiger partial charge in [0.15, 0.2) is 0 Å². The van der Waals surface area contributed by atoms with Crippen molar-refractivity contribution in [2.75, 3.05) is 5.32 Å². The van der Waals surface area contributed by atoms with Gasteiger partial charge in [-0.15, -0.1) is 0 Å². The summed E-state index contributed by atoms with van der Waals surface area (Å²) in [4.78, 5) is 11.2. The Balaban J connectivity index is 2.25. The molecule has 2 amide bonds. The molecule has 0 radical (unpaired) electrons. The van der Waals surface area contributed by atoms with Crippen molar-refractivity contribution in [1.29, 1.82) is 0 Å². The topological polar surface area (TPSA) is 161 Å². The Hall–Kier alpha value is -2.47. The Morgan fingerprint density at radius 3 is 2.12 bits per heavy atom. The highest BCUT2D eigenvalue weighted by molar-refractivity contribution is 7.89. The van der Waals surface area contributed by atoms with Gasteiger partial charge in [-0.2, -0.15) is 0 Å². The number of carbonyl (C=O) groups is 1. The van der Waals surface area contributed by atoms with E-state index in [4.69, 9.17) is 10.3 Å². The summed E-state index contributed by atoms with van der Waals surface area (Å²) in [7, 11) is -8.27. The van der Waals surface area contributed by atoms with E-state index in [1.54, 1.807) is 24.3 Å². The maximum Gasteiger partial charge on any atom is 0.319 e. The van der Waals surface area contributed by atoms with Gasteiger partial charge in [-0.3, -0.25) is 0 Å². The zero-order chi connectivity index (χ0) is 18.7. The second-order valence-corrected chi connectivity index (χ2v) is 8.13. The van der Waals surface area contributed by atoms with Crippen LogP contribution in [0.15, 0.2) is 58.3 Å². The first kappa shape index (κ1) is 18.9. The molecule has 0 atom stereocenters. The van der Waals surface area contributed by atoms with E-state index in [0.717, 1.165) is 23.8 Å². The van der Waals surface area contributed by atoms with E-state index in [-0.39, 0.29) is 17.1 Å². The lowest BCUT2D eigenvalue weighted by molar-refractivity contribution is 0.251. The van der Waals surface area contributed by atoms with Crippen LogP contribution < -0.4 is 20.9 Å². The Morgan fingerprint density at radius 2 is 1.56 bits per heavy atom. The van der Waals surface area contributed by atoms with Gasteiger partial charge in [-0.25, -0.2) is 31.9 Å². The van der Waals surface area contributed by atoms with E-state index in [0.29, 0.717) is 0 Å². The number of urea groups is 1. The average Bonchev–Trinajstić information content (AvgIpc) is 2.52. The Bertz CT molecular complexity index is 989. The van der Waals surface area contributed by atoms with E-state index in [1.807, 2.05) is 6.07 Å². The molecule has 0 fully saturated rings. The van der Waals surface area contributed by atoms with E-state index >= 15 is 0 Å². The molecular formula is C14H16N4O5S2. The van der Waals surface area contributed by atoms with Gasteiger partial charge in [0, 0.05) is 6.54 Å². The van der Waals surface area contributed by atoms with Gasteiger partial charge in [0.05, 0.1) is 10.6 Å². The number of nitrogens with two attached hydrogens (primary N) is 2. The monoisotopic (exact) mass is 384 g/mol. The normalized spacial score (nSPS) is 11.8. The average molecular weight is 384 g/mol. The molecule has 0 aliphatic rings. The maximum atomic E-state index is 12.0. The van der Waals surface area contributed by atoms with Gasteiger partial charge >= 0.3 is 6.03 Å². The number of sulfonamides is 2. The third kappa shape index (κ3) is 5.26. The van der Waals surface area contributed by atoms with Crippen LogP contribution in [-0.2, 0) is 26.6 Å². The van der Waals surface area contributed by atoms with Crippen LogP contribution in [0.4, 0.5) is 10.5 Å². The molecule has 9 nitrogen and oxygen atoms in total. The van der Waals surface area contributed by atoms with Crippen molar-refractivity contribution in [3.8, 4) is 0 Å². The summed E-state index contributed by atoms with van der Waals surface area (Å²) in [6.07, 6.45) is 0. The van der Waals surface area contributed by atoms with Crippen molar-refractivity contribution in [1.82, 2.24) is 5.32 Å². The number of hydrogen-bond donors (Lipinski definition) is 4. The standard InChI is InChI=1S/C14H16N4O5S2/c15-24(20,21)11-6-7-13(25(16,22)23)12(8-11)18-14(19)17-9-10-4-2-1-3-5-10/h1-8H,9H2,(H2,15,20,21)(H2,16,22,23)(H2,17,18,19). The van der Waals surface area contributed by atoms with Crippen LogP contribution in [0.3, 0.4) is 0 Å². The number of rotatable bonds is 5. The molecule has 0 aromatic heterocycles. The molecule has 0 aliphatic carbocycles. The third-order valence-electron chi connectivity index (χ3n) is 3.13. The van der Waals surface area contributed by atoms with Gasteiger partial charge in [0.1, 0.15) is 4.90 Å². The van der Waals surface area contributed by atoms with Crippen molar-refractivity contribution in [3.05, 3.63) is 54.1 Å². The molecule has 0 saturated carbocycles. The fourth-order valence-electron chi connectivity index (χ4n) is 1.98. The van der Waals surface area contributed by atoms with Crippen LogP contribution in [-0.4, -0.2) is 22.9 Å². The summed E-state index contributed by atoms with van der Waals surface area (Å²) < 4.78 is 46.0. The molecule has 0 aliphatic heterocycles. The Kier molecular flexibility index (Phi) is 5.42. The molecule has 2 aromatic rings. The molecule has 2 aromatic carbocycles. The maximum absolute atomic E-state index is 12.0. The molecule has 0 bridgehead atoms. The summed E-state index contributed by atoms with van der Waals surface area (Å²) >= 11 is 0. The molecule has 2 rings (SSSR count). The van der Waals surface area contributed by atoms with Gasteiger partial charge < -0.3 is 10.6 Å². The van der Waals surface area contributed by atoms with Gasteiger partial charge in [-0.05, 0) is 23.8 Å². The zero-order valence-electron chi connectivity index (χ0n) is 12.8. The first-order valence-electron chi connectivity index (χ1n) is 6.86. The molecule has 0 saturated heterocycles. The highest BCUT2D eigenvalue weighted by Crippen LogP contribution is 2.23. The van der Waals surface area contributed by atoms with Crippen molar-refractivity contribution < 1.29 is 21.6 Å². The number of benzene rings is 2. The lowest BCUT2D eigenvalue weighted by Gasteiger charge is -2.12. The quantitative estimate of drug-likeness (QED) is 0.582. The minimum absolute atomic E-state index is 0.187. The molecule has 11 heteroatoms. The SMILES string of the molecule is NS(=O)(=O)c1ccc(S(N)(=O)=O)c(NC(=O)NCc2ccccc2)c1. The second kappa shape index (κ2) is 7.19. The van der Waals surface area contributed by atoms with E-state index in [1.165, 1.54) is 0 Å². The summed E-state index contributed by atoms with van der Waals surface area (Å²) in [6, 6.07) is 11.1. The lowest BCUT2D eigenvalue weighted by atomic mass is 10.2. The fourth-order valence-corrected chi connectivity index (χ4v) is 3.19.